The number of furan rings is 1. The van der Waals surface area contributed by atoms with Crippen molar-refractivity contribution in [2.45, 2.75) is 88.5 Å². The van der Waals surface area contributed by atoms with Crippen molar-refractivity contribution in [1.82, 2.24) is 4.57 Å². The molecule has 0 amide bonds. The molecule has 5 heteroatoms. The van der Waals surface area contributed by atoms with Crippen LogP contribution in [-0.4, -0.2) is 11.3 Å². The average molecular weight is 1010 g/mol. The van der Waals surface area contributed by atoms with Crippen molar-refractivity contribution >= 4 is 101 Å². The number of rotatable bonds is 5. The third-order valence-corrected chi connectivity index (χ3v) is 17.3. The molecule has 2 aromatic heterocycles. The molecule has 2 aliphatic heterocycles. The van der Waals surface area contributed by atoms with Crippen molar-refractivity contribution in [1.29, 1.82) is 0 Å². The summed E-state index contributed by atoms with van der Waals surface area (Å²) in [4.78, 5) is 5.27. The van der Waals surface area contributed by atoms with Crippen molar-refractivity contribution < 1.29 is 4.42 Å². The van der Waals surface area contributed by atoms with E-state index in [1.54, 1.807) is 0 Å². The molecule has 0 spiro atoms. The van der Waals surface area contributed by atoms with E-state index in [1.165, 1.54) is 145 Å². The van der Waals surface area contributed by atoms with E-state index in [2.05, 4.69) is 267 Å². The van der Waals surface area contributed by atoms with Gasteiger partial charge in [-0.2, -0.15) is 0 Å². The lowest BCUT2D eigenvalue weighted by atomic mass is 9.33. The number of nitrogens with zero attached hydrogens (tertiary/aromatic N) is 3. The first-order chi connectivity index (χ1) is 37.5. The molecule has 0 bridgehead atoms. The number of para-hydroxylation sites is 4. The highest BCUT2D eigenvalue weighted by molar-refractivity contribution is 7.00. The fourth-order valence-corrected chi connectivity index (χ4v) is 13.9. The molecule has 2 aliphatic rings. The Hall–Kier alpha value is -8.54. The molecule has 0 fully saturated rings. The van der Waals surface area contributed by atoms with Crippen molar-refractivity contribution in [3.8, 4) is 27.9 Å². The van der Waals surface area contributed by atoms with Crippen molar-refractivity contribution in [2.75, 3.05) is 9.80 Å². The van der Waals surface area contributed by atoms with Crippen molar-refractivity contribution in [3.63, 3.8) is 0 Å². The topological polar surface area (TPSA) is 24.6 Å². The van der Waals surface area contributed by atoms with Gasteiger partial charge in [-0.25, -0.2) is 0 Å². The number of hydrogen-bond donors (Lipinski definition) is 0. The summed E-state index contributed by atoms with van der Waals surface area (Å²) in [5, 5.41) is 4.81. The first-order valence-corrected chi connectivity index (χ1v) is 27.8. The lowest BCUT2D eigenvalue weighted by Crippen LogP contribution is -2.61. The molecule has 14 rings (SSSR count). The summed E-state index contributed by atoms with van der Waals surface area (Å²) in [5.74, 6) is 0. The molecule has 0 radical (unpaired) electrons. The molecule has 12 aromatic rings. The monoisotopic (exact) mass is 1010 g/mol. The van der Waals surface area contributed by atoms with Gasteiger partial charge in [0.15, 0.2) is 0 Å². The van der Waals surface area contributed by atoms with Crippen LogP contribution >= 0.6 is 0 Å². The van der Waals surface area contributed by atoms with Gasteiger partial charge < -0.3 is 18.8 Å². The maximum atomic E-state index is 6.66. The third-order valence-electron chi connectivity index (χ3n) is 17.3. The largest absolute Gasteiger partial charge is 0.455 e. The Morgan fingerprint density at radius 3 is 1.63 bits per heavy atom. The summed E-state index contributed by atoms with van der Waals surface area (Å²) in [7, 11) is 0. The Labute approximate surface area is 459 Å². The standard InChI is InChI=1S/C73H64BN3O/c1-41-30-42(2)32-51(31-41)50-26-29-59-63(37-50)76(71-48(8)35-52(36-49(71)9)54-23-17-24-57-56-22-13-14-25-67(56)78-72(54)57)65-33-43(3)34-66-68(65)74(59)60-39-58-55-28-27-53(73(10,11)12)38-61(55)75(69-44(4)18-15-19-45(69)5)62(58)40-64(60)77(66)70-46(6)20-16-21-47(70)7/h13-40H,1-12H3. The van der Waals surface area contributed by atoms with Gasteiger partial charge in [0.2, 0.25) is 0 Å². The summed E-state index contributed by atoms with van der Waals surface area (Å²) in [6, 6.07) is 64.8. The van der Waals surface area contributed by atoms with Crippen LogP contribution in [0.5, 0.6) is 0 Å². The molecule has 380 valence electrons. The van der Waals surface area contributed by atoms with Gasteiger partial charge in [0.25, 0.3) is 6.71 Å². The van der Waals surface area contributed by atoms with Gasteiger partial charge in [0.1, 0.15) is 11.2 Å². The number of aryl methyl sites for hydroxylation is 9. The van der Waals surface area contributed by atoms with Gasteiger partial charge in [-0.3, -0.25) is 0 Å². The minimum atomic E-state index is -0.0758. The predicted octanol–water partition coefficient (Wildman–Crippen LogP) is 18.2. The van der Waals surface area contributed by atoms with Crippen LogP contribution in [0.15, 0.2) is 174 Å². The second-order valence-corrected chi connectivity index (χ2v) is 23.9. The van der Waals surface area contributed by atoms with E-state index in [4.69, 9.17) is 4.42 Å². The number of fused-ring (bicyclic) bond motifs is 10. The van der Waals surface area contributed by atoms with Crippen LogP contribution in [0, 0.1) is 62.3 Å². The Balaban J connectivity index is 1.09. The molecule has 78 heavy (non-hydrogen) atoms. The summed E-state index contributed by atoms with van der Waals surface area (Å²) in [6.07, 6.45) is 0. The lowest BCUT2D eigenvalue weighted by Gasteiger charge is -2.45. The Kier molecular flexibility index (Phi) is 10.6. The van der Waals surface area contributed by atoms with Crippen LogP contribution in [0.4, 0.5) is 34.1 Å². The molecule has 10 aromatic carbocycles. The van der Waals surface area contributed by atoms with Crippen molar-refractivity contribution in [2.24, 2.45) is 0 Å². The quantitative estimate of drug-likeness (QED) is 0.161. The zero-order chi connectivity index (χ0) is 53.8. The summed E-state index contributed by atoms with van der Waals surface area (Å²) >= 11 is 0. The molecule has 0 saturated heterocycles. The maximum Gasteiger partial charge on any atom is 0.252 e. The number of benzene rings is 10. The van der Waals surface area contributed by atoms with E-state index in [0.717, 1.165) is 33.1 Å². The van der Waals surface area contributed by atoms with Crippen LogP contribution in [0.1, 0.15) is 76.4 Å². The molecule has 0 N–H and O–H groups in total. The van der Waals surface area contributed by atoms with E-state index in [-0.39, 0.29) is 12.1 Å². The normalized spacial score (nSPS) is 13.1. The van der Waals surface area contributed by atoms with Crippen LogP contribution in [0.3, 0.4) is 0 Å². The molecule has 0 aliphatic carbocycles. The highest BCUT2D eigenvalue weighted by atomic mass is 16.3. The van der Waals surface area contributed by atoms with Gasteiger partial charge in [-0.1, -0.05) is 153 Å². The first kappa shape index (κ1) is 47.9. The SMILES string of the molecule is Cc1cc(C)cc(-c2ccc3c(c2)N(c2c(C)cc(-c4cccc5c4oc4ccccc45)cc2C)c2cc(C)cc4c2B3c2cc3c5ccc(C(C)(C)C)cc5n(-c5c(C)cccc5C)c3cc2N4c2c(C)cccc2C)c1. The summed E-state index contributed by atoms with van der Waals surface area (Å²) in [5.41, 5.74) is 33.9. The van der Waals surface area contributed by atoms with E-state index >= 15 is 0 Å². The van der Waals surface area contributed by atoms with E-state index in [1.807, 2.05) is 0 Å². The summed E-state index contributed by atoms with van der Waals surface area (Å²) < 4.78 is 9.25. The zero-order valence-corrected chi connectivity index (χ0v) is 47.0. The lowest BCUT2D eigenvalue weighted by molar-refractivity contribution is 0.591. The Morgan fingerprint density at radius 1 is 0.385 bits per heavy atom. The Bertz CT molecular complexity index is 4480. The first-order valence-electron chi connectivity index (χ1n) is 27.8. The van der Waals surface area contributed by atoms with Crippen LogP contribution in [0.25, 0.3) is 71.7 Å². The van der Waals surface area contributed by atoms with Crippen molar-refractivity contribution in [3.05, 3.63) is 225 Å². The van der Waals surface area contributed by atoms with Gasteiger partial charge in [0.05, 0.1) is 28.1 Å². The molecule has 4 heterocycles. The second-order valence-electron chi connectivity index (χ2n) is 23.9. The van der Waals surface area contributed by atoms with Crippen LogP contribution in [0.2, 0.25) is 0 Å². The van der Waals surface area contributed by atoms with Gasteiger partial charge in [-0.05, 0) is 194 Å². The molecule has 0 atom stereocenters. The smallest absolute Gasteiger partial charge is 0.252 e. The number of hydrogen-bond acceptors (Lipinski definition) is 3. The van der Waals surface area contributed by atoms with E-state index < -0.39 is 0 Å². The average Bonchev–Trinajstić information content (AvgIpc) is 3.01. The molecule has 4 nitrogen and oxygen atoms in total. The van der Waals surface area contributed by atoms with Crippen LogP contribution < -0.4 is 26.2 Å². The van der Waals surface area contributed by atoms with E-state index in [9.17, 15) is 0 Å². The second kappa shape index (κ2) is 17.2. The molecular weight excluding hydrogens is 946 g/mol. The summed E-state index contributed by atoms with van der Waals surface area (Å²) in [6.45, 7) is 27.3. The zero-order valence-electron chi connectivity index (χ0n) is 47.0. The maximum absolute atomic E-state index is 6.66. The highest BCUT2D eigenvalue weighted by Gasteiger charge is 2.45. The van der Waals surface area contributed by atoms with Gasteiger partial charge in [0, 0.05) is 49.9 Å². The number of anilines is 6. The highest BCUT2D eigenvalue weighted by Crippen LogP contribution is 2.50. The fourth-order valence-electron chi connectivity index (χ4n) is 13.9. The van der Waals surface area contributed by atoms with Crippen LogP contribution in [-0.2, 0) is 5.41 Å². The Morgan fingerprint density at radius 2 is 0.962 bits per heavy atom. The minimum absolute atomic E-state index is 0.0299. The predicted molar refractivity (Wildman–Crippen MR) is 334 cm³/mol. The molecule has 0 unspecified atom stereocenters. The van der Waals surface area contributed by atoms with Gasteiger partial charge in [-0.15, -0.1) is 0 Å². The minimum Gasteiger partial charge on any atom is -0.455 e. The fraction of sp³-hybridized carbons (Fsp3) is 0.178. The number of aromatic nitrogens is 1. The van der Waals surface area contributed by atoms with Gasteiger partial charge >= 0.3 is 0 Å². The molecule has 0 saturated carbocycles. The third kappa shape index (κ3) is 7.13. The molecular formula is C73H64BN3O. The van der Waals surface area contributed by atoms with E-state index in [0.29, 0.717) is 0 Å².